The molecule has 2 rings (SSSR count). The Bertz CT molecular complexity index is 882. The van der Waals surface area contributed by atoms with Crippen LogP contribution in [0.25, 0.3) is 5.69 Å². The molecule has 3 N–H and O–H groups in total. The standard InChI is InChI=1S/C19H27N5O3/c1-4-15(22-20-12-13-23(5-2)6-3)16-17(25)21-19(27)24(18(16)26)14-10-8-7-9-11-14/h7-11,20,26H,4-6,12-13H2,1-3H3,(H,21,25,27)/b22-15+. The van der Waals surface area contributed by atoms with E-state index in [2.05, 4.69) is 34.3 Å². The zero-order valence-electron chi connectivity index (χ0n) is 16.0. The molecule has 0 aliphatic carbocycles. The second-order valence-corrected chi connectivity index (χ2v) is 5.98. The number of likely N-dealkylation sites (N-methyl/N-ethyl adjacent to an activating group) is 1. The average molecular weight is 373 g/mol. The number of hydrogen-bond acceptors (Lipinski definition) is 6. The Morgan fingerprint density at radius 1 is 1.19 bits per heavy atom. The van der Waals surface area contributed by atoms with Gasteiger partial charge in [-0.2, -0.15) is 5.10 Å². The first-order valence-electron chi connectivity index (χ1n) is 9.19. The summed E-state index contributed by atoms with van der Waals surface area (Å²) in [5.74, 6) is -0.416. The molecule has 0 saturated carbocycles. The van der Waals surface area contributed by atoms with Gasteiger partial charge in [0.25, 0.3) is 5.56 Å². The number of aromatic hydroxyl groups is 1. The van der Waals surface area contributed by atoms with Crippen molar-refractivity contribution in [3.63, 3.8) is 0 Å². The van der Waals surface area contributed by atoms with Crippen LogP contribution in [0.5, 0.6) is 5.88 Å². The third-order valence-electron chi connectivity index (χ3n) is 4.37. The highest BCUT2D eigenvalue weighted by Crippen LogP contribution is 2.17. The molecule has 0 atom stereocenters. The van der Waals surface area contributed by atoms with Crippen LogP contribution >= 0.6 is 0 Å². The van der Waals surface area contributed by atoms with Crippen molar-refractivity contribution in [2.45, 2.75) is 27.2 Å². The van der Waals surface area contributed by atoms with Crippen LogP contribution in [-0.4, -0.2) is 51.4 Å². The largest absolute Gasteiger partial charge is 0.493 e. The van der Waals surface area contributed by atoms with Gasteiger partial charge in [0.05, 0.1) is 11.4 Å². The summed E-state index contributed by atoms with van der Waals surface area (Å²) < 4.78 is 1.07. The summed E-state index contributed by atoms with van der Waals surface area (Å²) >= 11 is 0. The second-order valence-electron chi connectivity index (χ2n) is 5.98. The lowest BCUT2D eigenvalue weighted by molar-refractivity contribution is 0.303. The quantitative estimate of drug-likeness (QED) is 0.349. The average Bonchev–Trinajstić information content (AvgIpc) is 2.67. The summed E-state index contributed by atoms with van der Waals surface area (Å²) in [6.07, 6.45) is 0.419. The molecule has 0 fully saturated rings. The number of para-hydroxylation sites is 1. The number of aromatic nitrogens is 2. The molecule has 0 amide bonds. The van der Waals surface area contributed by atoms with Crippen molar-refractivity contribution in [3.8, 4) is 11.6 Å². The molecule has 146 valence electrons. The fourth-order valence-electron chi connectivity index (χ4n) is 2.81. The lowest BCUT2D eigenvalue weighted by Gasteiger charge is -2.17. The predicted octanol–water partition coefficient (Wildman–Crippen LogP) is 1.28. The molecule has 1 heterocycles. The monoisotopic (exact) mass is 373 g/mol. The van der Waals surface area contributed by atoms with Crippen LogP contribution in [0.2, 0.25) is 0 Å². The van der Waals surface area contributed by atoms with E-state index in [4.69, 9.17) is 0 Å². The molecule has 0 spiro atoms. The molecule has 0 bridgehead atoms. The topological polar surface area (TPSA) is 103 Å². The van der Waals surface area contributed by atoms with E-state index in [1.807, 2.05) is 6.92 Å². The van der Waals surface area contributed by atoms with Crippen molar-refractivity contribution < 1.29 is 5.11 Å². The minimum atomic E-state index is -0.697. The predicted molar refractivity (Wildman–Crippen MR) is 107 cm³/mol. The van der Waals surface area contributed by atoms with Gasteiger partial charge in [-0.25, -0.2) is 9.36 Å². The van der Waals surface area contributed by atoms with Crippen molar-refractivity contribution in [2.75, 3.05) is 26.2 Å². The van der Waals surface area contributed by atoms with Crippen LogP contribution in [0.3, 0.4) is 0 Å². The number of nitrogens with one attached hydrogen (secondary N) is 2. The van der Waals surface area contributed by atoms with E-state index in [1.54, 1.807) is 30.3 Å². The van der Waals surface area contributed by atoms with Gasteiger partial charge in [0, 0.05) is 13.1 Å². The smallest absolute Gasteiger partial charge is 0.335 e. The molecular formula is C19H27N5O3. The number of hydrogen-bond donors (Lipinski definition) is 3. The summed E-state index contributed by atoms with van der Waals surface area (Å²) in [5.41, 5.74) is 2.45. The summed E-state index contributed by atoms with van der Waals surface area (Å²) in [6.45, 7) is 9.35. The lowest BCUT2D eigenvalue weighted by Crippen LogP contribution is -2.34. The van der Waals surface area contributed by atoms with Gasteiger partial charge >= 0.3 is 5.69 Å². The first-order valence-corrected chi connectivity index (χ1v) is 9.19. The Kier molecular flexibility index (Phi) is 7.36. The Labute approximate surface area is 158 Å². The van der Waals surface area contributed by atoms with Crippen molar-refractivity contribution in [2.24, 2.45) is 5.10 Å². The van der Waals surface area contributed by atoms with Crippen LogP contribution in [-0.2, 0) is 0 Å². The Morgan fingerprint density at radius 3 is 2.44 bits per heavy atom. The molecule has 0 unspecified atom stereocenters. The number of rotatable bonds is 9. The molecule has 0 saturated heterocycles. The van der Waals surface area contributed by atoms with Crippen LogP contribution < -0.4 is 16.7 Å². The number of nitrogens with zero attached hydrogens (tertiary/aromatic N) is 3. The zero-order chi connectivity index (χ0) is 19.8. The van der Waals surface area contributed by atoms with Crippen LogP contribution in [0.15, 0.2) is 45.0 Å². The minimum absolute atomic E-state index is 0.00343. The van der Waals surface area contributed by atoms with Crippen molar-refractivity contribution in [1.29, 1.82) is 0 Å². The minimum Gasteiger partial charge on any atom is -0.493 e. The zero-order valence-corrected chi connectivity index (χ0v) is 16.0. The molecule has 1 aromatic heterocycles. The van der Waals surface area contributed by atoms with E-state index in [-0.39, 0.29) is 5.56 Å². The lowest BCUT2D eigenvalue weighted by atomic mass is 10.1. The summed E-state index contributed by atoms with van der Waals surface area (Å²) in [5, 5.41) is 14.9. The maximum Gasteiger partial charge on any atom is 0.335 e. The van der Waals surface area contributed by atoms with E-state index in [1.165, 1.54) is 0 Å². The van der Waals surface area contributed by atoms with Crippen LogP contribution in [0, 0.1) is 0 Å². The van der Waals surface area contributed by atoms with Gasteiger partial charge in [0.15, 0.2) is 0 Å². The van der Waals surface area contributed by atoms with Crippen LogP contribution in [0.1, 0.15) is 32.8 Å². The van der Waals surface area contributed by atoms with E-state index in [9.17, 15) is 14.7 Å². The molecule has 8 nitrogen and oxygen atoms in total. The molecule has 8 heteroatoms. The third kappa shape index (κ3) is 4.85. The Balaban J connectivity index is 2.36. The van der Waals surface area contributed by atoms with Crippen LogP contribution in [0.4, 0.5) is 0 Å². The summed E-state index contributed by atoms with van der Waals surface area (Å²) in [7, 11) is 0. The number of benzene rings is 1. The first kappa shape index (κ1) is 20.4. The maximum atomic E-state index is 12.3. The Hall–Kier alpha value is -2.87. The molecule has 0 radical (unpaired) electrons. The van der Waals surface area contributed by atoms with Gasteiger partial charge < -0.3 is 15.4 Å². The summed E-state index contributed by atoms with van der Waals surface area (Å²) in [4.78, 5) is 29.1. The van der Waals surface area contributed by atoms with Gasteiger partial charge in [-0.1, -0.05) is 39.0 Å². The van der Waals surface area contributed by atoms with Gasteiger partial charge in [-0.05, 0) is 31.6 Å². The molecule has 1 aromatic carbocycles. The third-order valence-corrected chi connectivity index (χ3v) is 4.37. The molecule has 2 aromatic rings. The fourth-order valence-corrected chi connectivity index (χ4v) is 2.81. The maximum absolute atomic E-state index is 12.3. The molecular weight excluding hydrogens is 346 g/mol. The molecule has 0 aliphatic heterocycles. The first-order chi connectivity index (χ1) is 13.0. The van der Waals surface area contributed by atoms with Crippen molar-refractivity contribution >= 4 is 5.71 Å². The number of hydrazone groups is 1. The van der Waals surface area contributed by atoms with Crippen molar-refractivity contribution in [1.82, 2.24) is 19.9 Å². The number of H-pyrrole nitrogens is 1. The van der Waals surface area contributed by atoms with E-state index < -0.39 is 17.1 Å². The van der Waals surface area contributed by atoms with Gasteiger partial charge in [0.1, 0.15) is 5.56 Å². The number of aromatic amines is 1. The van der Waals surface area contributed by atoms with Crippen molar-refractivity contribution in [3.05, 3.63) is 56.7 Å². The normalized spacial score (nSPS) is 11.8. The molecule has 27 heavy (non-hydrogen) atoms. The highest BCUT2D eigenvalue weighted by molar-refractivity contribution is 6.01. The van der Waals surface area contributed by atoms with Gasteiger partial charge in [-0.15, -0.1) is 0 Å². The van der Waals surface area contributed by atoms with E-state index >= 15 is 0 Å². The summed E-state index contributed by atoms with van der Waals surface area (Å²) in [6, 6.07) is 8.64. The van der Waals surface area contributed by atoms with Gasteiger partial charge in [-0.3, -0.25) is 9.78 Å². The Morgan fingerprint density at radius 2 is 1.85 bits per heavy atom. The van der Waals surface area contributed by atoms with E-state index in [0.29, 0.717) is 24.4 Å². The fraction of sp³-hybridized carbons (Fsp3) is 0.421. The second kappa shape index (κ2) is 9.72. The SMILES string of the molecule is CC/C(=N\NCCN(CC)CC)c1c(O)n(-c2ccccc2)c(=O)[nH]c1=O. The molecule has 0 aliphatic rings. The van der Waals surface area contributed by atoms with E-state index in [0.717, 1.165) is 24.2 Å². The highest BCUT2D eigenvalue weighted by atomic mass is 16.3. The van der Waals surface area contributed by atoms with Gasteiger partial charge in [0.2, 0.25) is 5.88 Å². The highest BCUT2D eigenvalue weighted by Gasteiger charge is 2.19.